The molecule has 12 heavy (non-hydrogen) atoms. The molecule has 5 heteroatoms. The highest BCUT2D eigenvalue weighted by molar-refractivity contribution is 5.21. The zero-order valence-electron chi connectivity index (χ0n) is 6.32. The van der Waals surface area contributed by atoms with Crippen LogP contribution in [0.3, 0.4) is 0 Å². The molecule has 0 spiro atoms. The van der Waals surface area contributed by atoms with Gasteiger partial charge in [0.2, 0.25) is 0 Å². The first-order chi connectivity index (χ1) is 5.77. The van der Waals surface area contributed by atoms with Crippen molar-refractivity contribution in [1.29, 1.82) is 0 Å². The van der Waals surface area contributed by atoms with Crippen LogP contribution in [0, 0.1) is 10.1 Å². The third kappa shape index (κ3) is 1.08. The molecule has 1 aliphatic rings. The predicted octanol–water partition coefficient (Wildman–Crippen LogP) is 0.875. The molecule has 2 rings (SSSR count). The van der Waals surface area contributed by atoms with Crippen LogP contribution in [-0.2, 0) is 0 Å². The number of nitrogens with one attached hydrogen (secondary N) is 1. The number of furan rings is 1. The van der Waals surface area contributed by atoms with Crippen molar-refractivity contribution in [1.82, 2.24) is 5.32 Å². The van der Waals surface area contributed by atoms with Gasteiger partial charge in [0, 0.05) is 19.0 Å². The summed E-state index contributed by atoms with van der Waals surface area (Å²) >= 11 is 0. The van der Waals surface area contributed by atoms with E-state index < -0.39 is 4.92 Å². The molecule has 1 aliphatic heterocycles. The van der Waals surface area contributed by atoms with Crippen LogP contribution in [0.5, 0.6) is 0 Å². The Morgan fingerprint density at radius 2 is 2.33 bits per heavy atom. The van der Waals surface area contributed by atoms with Gasteiger partial charge in [0.1, 0.15) is 10.7 Å². The van der Waals surface area contributed by atoms with Crippen LogP contribution in [0.2, 0.25) is 0 Å². The van der Waals surface area contributed by atoms with E-state index in [2.05, 4.69) is 5.32 Å². The summed E-state index contributed by atoms with van der Waals surface area (Å²) in [6, 6.07) is 3.07. The molecule has 1 N–H and O–H groups in total. The average molecular weight is 168 g/mol. The quantitative estimate of drug-likeness (QED) is 0.525. The van der Waals surface area contributed by atoms with Crippen molar-refractivity contribution in [2.24, 2.45) is 0 Å². The smallest absolute Gasteiger partial charge is 0.405 e. The fourth-order valence-electron chi connectivity index (χ4n) is 1.15. The summed E-state index contributed by atoms with van der Waals surface area (Å²) in [7, 11) is 0. The first-order valence-corrected chi connectivity index (χ1v) is 3.72. The molecule has 0 aliphatic carbocycles. The standard InChI is InChI=1S/C7H8N2O3/c10-9(11)7-2-1-6(12-7)5-3-8-4-5/h1-2,5,8H,3-4H2. The first-order valence-electron chi connectivity index (χ1n) is 3.72. The summed E-state index contributed by atoms with van der Waals surface area (Å²) in [6.07, 6.45) is 0. The Morgan fingerprint density at radius 1 is 1.58 bits per heavy atom. The Kier molecular flexibility index (Phi) is 1.58. The molecular formula is C7H8N2O3. The summed E-state index contributed by atoms with van der Waals surface area (Å²) in [6.45, 7) is 1.70. The molecule has 1 aromatic heterocycles. The van der Waals surface area contributed by atoms with Crippen LogP contribution in [0.25, 0.3) is 0 Å². The van der Waals surface area contributed by atoms with Crippen molar-refractivity contribution in [2.75, 3.05) is 13.1 Å². The summed E-state index contributed by atoms with van der Waals surface area (Å²) in [5.74, 6) is 0.857. The summed E-state index contributed by atoms with van der Waals surface area (Å²) in [5, 5.41) is 13.3. The topological polar surface area (TPSA) is 68.3 Å². The van der Waals surface area contributed by atoms with Gasteiger partial charge in [-0.3, -0.25) is 10.1 Å². The van der Waals surface area contributed by atoms with Crippen LogP contribution >= 0.6 is 0 Å². The minimum Gasteiger partial charge on any atom is -0.405 e. The Labute approximate surface area is 68.5 Å². The Bertz CT molecular complexity index is 303. The van der Waals surface area contributed by atoms with Gasteiger partial charge in [0.25, 0.3) is 0 Å². The first kappa shape index (κ1) is 7.30. The molecule has 2 heterocycles. The van der Waals surface area contributed by atoms with E-state index in [9.17, 15) is 10.1 Å². The zero-order chi connectivity index (χ0) is 8.55. The molecule has 1 aromatic rings. The monoisotopic (exact) mass is 168 g/mol. The highest BCUT2D eigenvalue weighted by atomic mass is 16.6. The van der Waals surface area contributed by atoms with Crippen LogP contribution in [0.4, 0.5) is 5.88 Å². The molecule has 0 unspecified atom stereocenters. The van der Waals surface area contributed by atoms with Crippen LogP contribution in [0.1, 0.15) is 11.7 Å². The molecule has 0 amide bonds. The van der Waals surface area contributed by atoms with Crippen molar-refractivity contribution < 1.29 is 9.34 Å². The lowest BCUT2D eigenvalue weighted by Gasteiger charge is -2.24. The minimum atomic E-state index is -0.518. The van der Waals surface area contributed by atoms with Crippen molar-refractivity contribution >= 4 is 5.88 Å². The van der Waals surface area contributed by atoms with Gasteiger partial charge in [-0.2, -0.15) is 0 Å². The number of hydrogen-bond acceptors (Lipinski definition) is 4. The fraction of sp³-hybridized carbons (Fsp3) is 0.429. The van der Waals surface area contributed by atoms with Crippen molar-refractivity contribution in [3.8, 4) is 0 Å². The minimum absolute atomic E-state index is 0.170. The summed E-state index contributed by atoms with van der Waals surface area (Å²) < 4.78 is 5.01. The van der Waals surface area contributed by atoms with E-state index in [4.69, 9.17) is 4.42 Å². The number of rotatable bonds is 2. The SMILES string of the molecule is O=[N+]([O-])c1ccc(C2CNC2)o1. The van der Waals surface area contributed by atoms with E-state index in [-0.39, 0.29) is 5.88 Å². The second-order valence-corrected chi connectivity index (χ2v) is 2.79. The maximum Gasteiger partial charge on any atom is 0.433 e. The molecule has 0 radical (unpaired) electrons. The van der Waals surface area contributed by atoms with E-state index in [1.807, 2.05) is 0 Å². The molecular weight excluding hydrogens is 160 g/mol. The third-order valence-electron chi connectivity index (χ3n) is 1.98. The Balaban J connectivity index is 2.17. The third-order valence-corrected chi connectivity index (χ3v) is 1.98. The van der Waals surface area contributed by atoms with Gasteiger partial charge < -0.3 is 9.73 Å². The summed E-state index contributed by atoms with van der Waals surface area (Å²) in [5.41, 5.74) is 0. The molecule has 1 fully saturated rings. The normalized spacial score (nSPS) is 17.3. The number of hydrogen-bond donors (Lipinski definition) is 1. The maximum atomic E-state index is 10.2. The fourth-order valence-corrected chi connectivity index (χ4v) is 1.15. The molecule has 0 atom stereocenters. The van der Waals surface area contributed by atoms with Crippen molar-refractivity contribution in [3.05, 3.63) is 28.0 Å². The highest BCUT2D eigenvalue weighted by Gasteiger charge is 2.24. The lowest BCUT2D eigenvalue weighted by Crippen LogP contribution is -2.39. The number of nitrogens with zero attached hydrogens (tertiary/aromatic N) is 1. The van der Waals surface area contributed by atoms with E-state index >= 15 is 0 Å². The van der Waals surface area contributed by atoms with Gasteiger partial charge in [-0.15, -0.1) is 0 Å². The van der Waals surface area contributed by atoms with E-state index in [0.717, 1.165) is 13.1 Å². The van der Waals surface area contributed by atoms with Crippen molar-refractivity contribution in [3.63, 3.8) is 0 Å². The molecule has 64 valence electrons. The Hall–Kier alpha value is -1.36. The number of nitro groups is 1. The van der Waals surface area contributed by atoms with Crippen LogP contribution in [-0.4, -0.2) is 18.0 Å². The van der Waals surface area contributed by atoms with Gasteiger partial charge in [0.15, 0.2) is 0 Å². The summed E-state index contributed by atoms with van der Waals surface area (Å²) in [4.78, 5) is 9.72. The van der Waals surface area contributed by atoms with Gasteiger partial charge in [-0.25, -0.2) is 0 Å². The predicted molar refractivity (Wildman–Crippen MR) is 41.0 cm³/mol. The van der Waals surface area contributed by atoms with Crippen molar-refractivity contribution in [2.45, 2.75) is 5.92 Å². The molecule has 0 bridgehead atoms. The molecule has 0 saturated carbocycles. The second-order valence-electron chi connectivity index (χ2n) is 2.79. The molecule has 1 saturated heterocycles. The van der Waals surface area contributed by atoms with Gasteiger partial charge in [0.05, 0.1) is 6.07 Å². The lowest BCUT2D eigenvalue weighted by atomic mass is 10.0. The molecule has 0 aromatic carbocycles. The largest absolute Gasteiger partial charge is 0.433 e. The Morgan fingerprint density at radius 3 is 2.75 bits per heavy atom. The van der Waals surface area contributed by atoms with Crippen LogP contribution in [0.15, 0.2) is 16.5 Å². The van der Waals surface area contributed by atoms with Gasteiger partial charge in [-0.05, 0) is 6.07 Å². The van der Waals surface area contributed by atoms with Gasteiger partial charge >= 0.3 is 5.88 Å². The van der Waals surface area contributed by atoms with Gasteiger partial charge in [-0.1, -0.05) is 0 Å². The molecule has 5 nitrogen and oxygen atoms in total. The lowest BCUT2D eigenvalue weighted by molar-refractivity contribution is -0.402. The average Bonchev–Trinajstić information content (AvgIpc) is 2.32. The van der Waals surface area contributed by atoms with E-state index in [1.54, 1.807) is 6.07 Å². The second kappa shape index (κ2) is 2.60. The zero-order valence-corrected chi connectivity index (χ0v) is 6.32. The maximum absolute atomic E-state index is 10.2. The van der Waals surface area contributed by atoms with E-state index in [1.165, 1.54) is 6.07 Å². The van der Waals surface area contributed by atoms with Crippen LogP contribution < -0.4 is 5.32 Å². The highest BCUT2D eigenvalue weighted by Crippen LogP contribution is 2.25. The van der Waals surface area contributed by atoms with E-state index in [0.29, 0.717) is 11.7 Å².